The van der Waals surface area contributed by atoms with Crippen LogP contribution in [0.3, 0.4) is 0 Å². The van der Waals surface area contributed by atoms with Crippen LogP contribution in [-0.4, -0.2) is 40.9 Å². The van der Waals surface area contributed by atoms with Crippen molar-refractivity contribution in [2.75, 3.05) is 30.9 Å². The highest BCUT2D eigenvalue weighted by Gasteiger charge is 2.09. The lowest BCUT2D eigenvalue weighted by atomic mass is 10.4. The van der Waals surface area contributed by atoms with E-state index in [4.69, 9.17) is 5.84 Å². The molecular weight excluding hydrogens is 288 g/mol. The van der Waals surface area contributed by atoms with Gasteiger partial charge in [0.05, 0.1) is 11.0 Å². The molecule has 1 aromatic rings. The fourth-order valence-corrected chi connectivity index (χ4v) is 1.36. The van der Waals surface area contributed by atoms with Crippen LogP contribution >= 0.6 is 15.9 Å². The minimum atomic E-state index is -0.0136. The van der Waals surface area contributed by atoms with Gasteiger partial charge in [0.25, 0.3) is 0 Å². The van der Waals surface area contributed by atoms with Crippen LogP contribution in [0, 0.1) is 0 Å². The third-order valence-corrected chi connectivity index (χ3v) is 2.76. The van der Waals surface area contributed by atoms with Crippen molar-refractivity contribution in [2.24, 2.45) is 5.84 Å². The summed E-state index contributed by atoms with van der Waals surface area (Å²) in [6.07, 6.45) is 1.55. The van der Waals surface area contributed by atoms with Gasteiger partial charge in [-0.05, 0) is 22.9 Å². The molecule has 0 unspecified atom stereocenters. The number of hydrogen-bond acceptors (Lipinski definition) is 6. The highest BCUT2D eigenvalue weighted by molar-refractivity contribution is 9.10. The number of nitrogen functional groups attached to an aromatic ring is 1. The van der Waals surface area contributed by atoms with Gasteiger partial charge in [-0.2, -0.15) is 4.98 Å². The van der Waals surface area contributed by atoms with Crippen molar-refractivity contribution in [1.29, 1.82) is 0 Å². The van der Waals surface area contributed by atoms with Gasteiger partial charge in [-0.15, -0.1) is 0 Å². The van der Waals surface area contributed by atoms with E-state index in [9.17, 15) is 4.79 Å². The molecular formula is C9H15BrN6O. The Morgan fingerprint density at radius 3 is 2.94 bits per heavy atom. The van der Waals surface area contributed by atoms with Crippen LogP contribution in [0.1, 0.15) is 6.92 Å². The lowest BCUT2D eigenvalue weighted by Crippen LogP contribution is -2.32. The zero-order valence-electron chi connectivity index (χ0n) is 9.70. The number of hydrazine groups is 1. The number of nitrogens with zero attached hydrogens (tertiary/aromatic N) is 3. The predicted octanol–water partition coefficient (Wildman–Crippen LogP) is 0.415. The number of anilines is 2. The van der Waals surface area contributed by atoms with Crippen LogP contribution in [0.25, 0.3) is 0 Å². The van der Waals surface area contributed by atoms with E-state index in [2.05, 4.69) is 36.6 Å². The van der Waals surface area contributed by atoms with Crippen LogP contribution < -0.4 is 16.6 Å². The summed E-state index contributed by atoms with van der Waals surface area (Å²) in [5.74, 6) is 5.99. The SMILES string of the molecule is CCN(C)C(=O)CNc1nc(NN)ncc1Br. The zero-order chi connectivity index (χ0) is 12.8. The molecule has 7 nitrogen and oxygen atoms in total. The van der Waals surface area contributed by atoms with Crippen molar-refractivity contribution in [3.8, 4) is 0 Å². The van der Waals surface area contributed by atoms with Crippen LogP contribution in [0.15, 0.2) is 10.7 Å². The third kappa shape index (κ3) is 3.82. The number of nitrogens with two attached hydrogens (primary N) is 1. The van der Waals surface area contributed by atoms with Gasteiger partial charge in [0.15, 0.2) is 0 Å². The fourth-order valence-electron chi connectivity index (χ4n) is 1.03. The normalized spacial score (nSPS) is 9.88. The molecule has 0 radical (unpaired) electrons. The molecule has 1 aromatic heterocycles. The topological polar surface area (TPSA) is 96.2 Å². The molecule has 17 heavy (non-hydrogen) atoms. The molecule has 0 bridgehead atoms. The van der Waals surface area contributed by atoms with Gasteiger partial charge in [-0.3, -0.25) is 10.2 Å². The monoisotopic (exact) mass is 302 g/mol. The maximum Gasteiger partial charge on any atom is 0.241 e. The summed E-state index contributed by atoms with van der Waals surface area (Å²) < 4.78 is 0.670. The van der Waals surface area contributed by atoms with Gasteiger partial charge < -0.3 is 10.2 Å². The average molecular weight is 303 g/mol. The lowest BCUT2D eigenvalue weighted by Gasteiger charge is -2.15. The maximum absolute atomic E-state index is 11.6. The van der Waals surface area contributed by atoms with Crippen LogP contribution in [-0.2, 0) is 4.79 Å². The van der Waals surface area contributed by atoms with E-state index in [1.54, 1.807) is 18.1 Å². The molecule has 0 aliphatic carbocycles. The summed E-state index contributed by atoms with van der Waals surface area (Å²) in [7, 11) is 1.74. The molecule has 4 N–H and O–H groups in total. The van der Waals surface area contributed by atoms with Crippen molar-refractivity contribution in [2.45, 2.75) is 6.92 Å². The van der Waals surface area contributed by atoms with Gasteiger partial charge in [0.2, 0.25) is 11.9 Å². The van der Waals surface area contributed by atoms with E-state index in [1.165, 1.54) is 0 Å². The van der Waals surface area contributed by atoms with Crippen LogP contribution in [0.2, 0.25) is 0 Å². The first-order valence-electron chi connectivity index (χ1n) is 5.05. The van der Waals surface area contributed by atoms with Crippen LogP contribution in [0.4, 0.5) is 11.8 Å². The Bertz CT molecular complexity index is 399. The summed E-state index contributed by atoms with van der Waals surface area (Å²) in [5, 5.41) is 2.92. The first-order valence-corrected chi connectivity index (χ1v) is 5.84. The molecule has 0 aliphatic rings. The fraction of sp³-hybridized carbons (Fsp3) is 0.444. The number of halogens is 1. The number of carbonyl (C=O) groups is 1. The lowest BCUT2D eigenvalue weighted by molar-refractivity contribution is -0.127. The summed E-state index contributed by atoms with van der Waals surface area (Å²) in [4.78, 5) is 21.2. The second-order valence-electron chi connectivity index (χ2n) is 3.30. The smallest absolute Gasteiger partial charge is 0.241 e. The molecule has 0 spiro atoms. The van der Waals surface area contributed by atoms with Crippen molar-refractivity contribution in [3.05, 3.63) is 10.7 Å². The summed E-state index contributed by atoms with van der Waals surface area (Å²) >= 11 is 3.28. The number of carbonyl (C=O) groups excluding carboxylic acids is 1. The first kappa shape index (κ1) is 13.7. The maximum atomic E-state index is 11.6. The van der Waals surface area contributed by atoms with Gasteiger partial charge in [-0.25, -0.2) is 10.8 Å². The van der Waals surface area contributed by atoms with Crippen molar-refractivity contribution in [3.63, 3.8) is 0 Å². The van der Waals surface area contributed by atoms with Crippen molar-refractivity contribution in [1.82, 2.24) is 14.9 Å². The molecule has 0 atom stereocenters. The molecule has 1 rings (SSSR count). The Labute approximate surface area is 108 Å². The van der Waals surface area contributed by atoms with E-state index in [0.717, 1.165) is 0 Å². The Hall–Kier alpha value is -1.41. The average Bonchev–Trinajstić information content (AvgIpc) is 2.36. The predicted molar refractivity (Wildman–Crippen MR) is 69.3 cm³/mol. The minimum Gasteiger partial charge on any atom is -0.360 e. The number of aromatic nitrogens is 2. The molecule has 0 aromatic carbocycles. The second kappa shape index (κ2) is 6.36. The Balaban J connectivity index is 2.65. The van der Waals surface area contributed by atoms with E-state index in [-0.39, 0.29) is 18.4 Å². The molecule has 0 saturated carbocycles. The zero-order valence-corrected chi connectivity index (χ0v) is 11.3. The summed E-state index contributed by atoms with van der Waals surface area (Å²) in [5.41, 5.74) is 2.34. The number of rotatable bonds is 5. The molecule has 94 valence electrons. The molecule has 0 aliphatic heterocycles. The largest absolute Gasteiger partial charge is 0.360 e. The summed E-state index contributed by atoms with van der Waals surface area (Å²) in [6, 6.07) is 0. The van der Waals surface area contributed by atoms with Crippen molar-refractivity contribution >= 4 is 33.6 Å². The highest BCUT2D eigenvalue weighted by Crippen LogP contribution is 2.19. The van der Waals surface area contributed by atoms with E-state index in [1.807, 2.05) is 6.92 Å². The van der Waals surface area contributed by atoms with Gasteiger partial charge in [0.1, 0.15) is 5.82 Å². The Morgan fingerprint density at radius 1 is 1.65 bits per heavy atom. The van der Waals surface area contributed by atoms with Gasteiger partial charge >= 0.3 is 0 Å². The highest BCUT2D eigenvalue weighted by atomic mass is 79.9. The van der Waals surface area contributed by atoms with Gasteiger partial charge in [-0.1, -0.05) is 0 Å². The molecule has 1 heterocycles. The molecule has 8 heteroatoms. The quantitative estimate of drug-likeness (QED) is 0.539. The molecule has 0 saturated heterocycles. The Kier molecular flexibility index (Phi) is 5.11. The summed E-state index contributed by atoms with van der Waals surface area (Å²) in [6.45, 7) is 2.75. The molecule has 0 fully saturated rings. The third-order valence-electron chi connectivity index (χ3n) is 2.18. The minimum absolute atomic E-state index is 0.0136. The number of nitrogens with one attached hydrogen (secondary N) is 2. The van der Waals surface area contributed by atoms with E-state index in [0.29, 0.717) is 16.8 Å². The number of hydrogen-bond donors (Lipinski definition) is 3. The Morgan fingerprint density at radius 2 is 2.35 bits per heavy atom. The molecule has 1 amide bonds. The van der Waals surface area contributed by atoms with E-state index >= 15 is 0 Å². The second-order valence-corrected chi connectivity index (χ2v) is 4.15. The van der Waals surface area contributed by atoms with Crippen LogP contribution in [0.5, 0.6) is 0 Å². The van der Waals surface area contributed by atoms with Crippen molar-refractivity contribution < 1.29 is 4.79 Å². The number of amides is 1. The standard InChI is InChI=1S/C9H15BrN6O/c1-3-16(2)7(17)5-12-8-6(10)4-13-9(14-8)15-11/h4H,3,5,11H2,1-2H3,(H2,12,13,14,15). The van der Waals surface area contributed by atoms with Gasteiger partial charge in [0, 0.05) is 19.8 Å². The van der Waals surface area contributed by atoms with E-state index < -0.39 is 0 Å². The number of likely N-dealkylation sites (N-methyl/N-ethyl adjacent to an activating group) is 1. The first-order chi connectivity index (χ1) is 8.08.